The Morgan fingerprint density at radius 3 is 2.00 bits per heavy atom. The molecule has 27 heavy (non-hydrogen) atoms. The van der Waals surface area contributed by atoms with Gasteiger partial charge in [0.1, 0.15) is 11.4 Å². The van der Waals surface area contributed by atoms with Crippen LogP contribution in [0.4, 0.5) is 0 Å². The minimum absolute atomic E-state index is 1.17. The van der Waals surface area contributed by atoms with Crippen molar-refractivity contribution in [2.45, 2.75) is 0 Å². The van der Waals surface area contributed by atoms with Crippen LogP contribution in [0.25, 0.3) is 44.7 Å². The molecule has 0 saturated heterocycles. The zero-order valence-corrected chi connectivity index (χ0v) is 14.7. The van der Waals surface area contributed by atoms with Gasteiger partial charge in [0.2, 0.25) is 0 Å². The highest BCUT2D eigenvalue weighted by atomic mass is 15.2. The molecule has 0 aliphatic heterocycles. The summed E-state index contributed by atoms with van der Waals surface area (Å²) in [4.78, 5) is 0. The van der Waals surface area contributed by atoms with E-state index in [-0.39, 0.29) is 0 Å². The van der Waals surface area contributed by atoms with Crippen LogP contribution >= 0.6 is 0 Å². The van der Waals surface area contributed by atoms with E-state index in [1.807, 2.05) is 0 Å². The van der Waals surface area contributed by atoms with Gasteiger partial charge in [-0.05, 0) is 41.8 Å². The first-order chi connectivity index (χ1) is 13.4. The number of hydrogen-bond acceptors (Lipinski definition) is 0. The zero-order chi connectivity index (χ0) is 17.8. The molecular weight excluding hydrogens is 328 g/mol. The molecule has 0 bridgehead atoms. The molecule has 0 spiro atoms. The first kappa shape index (κ1) is 14.5. The Hall–Kier alpha value is -3.65. The third kappa shape index (κ3) is 1.98. The average Bonchev–Trinajstić information content (AvgIpc) is 3.28. The molecule has 0 atom stereocenters. The van der Waals surface area contributed by atoms with Gasteiger partial charge in [-0.15, -0.1) is 0 Å². The van der Waals surface area contributed by atoms with Gasteiger partial charge in [0.05, 0.1) is 0 Å². The smallest absolute Gasteiger partial charge is 0.194 e. The van der Waals surface area contributed by atoms with E-state index in [4.69, 9.17) is 0 Å². The maximum absolute atomic E-state index is 2.32. The van der Waals surface area contributed by atoms with Gasteiger partial charge in [-0.25, -0.2) is 0 Å². The molecule has 0 N–H and O–H groups in total. The van der Waals surface area contributed by atoms with Crippen LogP contribution < -0.4 is 4.57 Å². The molecule has 126 valence electrons. The molecule has 2 heteroatoms. The molecule has 1 aromatic heterocycles. The van der Waals surface area contributed by atoms with Gasteiger partial charge in [0.25, 0.3) is 6.33 Å². The largest absolute Gasteiger partial charge is 0.255 e. The van der Waals surface area contributed by atoms with Crippen molar-refractivity contribution in [3.8, 4) is 33.9 Å². The second-order valence-electron chi connectivity index (χ2n) is 6.93. The van der Waals surface area contributed by atoms with Crippen LogP contribution in [0.2, 0.25) is 0 Å². The predicted molar refractivity (Wildman–Crippen MR) is 109 cm³/mol. The Bertz CT molecular complexity index is 1200. The quantitative estimate of drug-likeness (QED) is 0.364. The molecule has 4 aromatic carbocycles. The van der Waals surface area contributed by atoms with Crippen molar-refractivity contribution in [3.05, 3.63) is 103 Å². The Morgan fingerprint density at radius 1 is 0.593 bits per heavy atom. The fraction of sp³-hybridized carbons (Fsp3) is 0. The van der Waals surface area contributed by atoms with Crippen molar-refractivity contribution in [1.82, 2.24) is 4.57 Å². The Labute approximate surface area is 157 Å². The zero-order valence-electron chi connectivity index (χ0n) is 14.7. The first-order valence-corrected chi connectivity index (χ1v) is 9.22. The summed E-state index contributed by atoms with van der Waals surface area (Å²) in [5.74, 6) is 0. The number of para-hydroxylation sites is 2. The van der Waals surface area contributed by atoms with E-state index in [9.17, 15) is 0 Å². The van der Waals surface area contributed by atoms with Crippen LogP contribution in [0.1, 0.15) is 0 Å². The second-order valence-corrected chi connectivity index (χ2v) is 6.93. The molecule has 1 aliphatic rings. The van der Waals surface area contributed by atoms with Crippen molar-refractivity contribution in [3.63, 3.8) is 0 Å². The van der Waals surface area contributed by atoms with Gasteiger partial charge in [-0.2, -0.15) is 9.13 Å². The van der Waals surface area contributed by atoms with Gasteiger partial charge in [0, 0.05) is 16.5 Å². The van der Waals surface area contributed by atoms with Gasteiger partial charge in [0.15, 0.2) is 11.4 Å². The van der Waals surface area contributed by atoms with E-state index in [0.717, 1.165) is 0 Å². The summed E-state index contributed by atoms with van der Waals surface area (Å²) in [5.41, 5.74) is 7.48. The Morgan fingerprint density at radius 2 is 1.26 bits per heavy atom. The van der Waals surface area contributed by atoms with Crippen LogP contribution in [-0.4, -0.2) is 4.57 Å². The number of nitrogens with zero attached hydrogens (tertiary/aromatic N) is 2. The van der Waals surface area contributed by atoms with Crippen LogP contribution in [-0.2, 0) is 0 Å². The molecule has 0 radical (unpaired) electrons. The molecule has 0 saturated carbocycles. The summed E-state index contributed by atoms with van der Waals surface area (Å²) in [7, 11) is 0. The second kappa shape index (κ2) is 5.42. The number of benzene rings is 4. The molecule has 1 aliphatic carbocycles. The van der Waals surface area contributed by atoms with Crippen molar-refractivity contribution >= 4 is 10.8 Å². The minimum Gasteiger partial charge on any atom is -0.194 e. The highest BCUT2D eigenvalue weighted by Gasteiger charge is 2.35. The highest BCUT2D eigenvalue weighted by molar-refractivity contribution is 6.13. The fourth-order valence-corrected chi connectivity index (χ4v) is 4.28. The summed E-state index contributed by atoms with van der Waals surface area (Å²) in [6, 6.07) is 34.4. The van der Waals surface area contributed by atoms with Crippen molar-refractivity contribution in [1.29, 1.82) is 0 Å². The average molecular weight is 345 g/mol. The first-order valence-electron chi connectivity index (χ1n) is 9.22. The molecule has 0 fully saturated rings. The lowest BCUT2D eigenvalue weighted by Crippen LogP contribution is -2.30. The lowest BCUT2D eigenvalue weighted by atomic mass is 10.0. The van der Waals surface area contributed by atoms with Gasteiger partial charge in [-0.3, -0.25) is 0 Å². The predicted octanol–water partition coefficient (Wildman–Crippen LogP) is 5.55. The lowest BCUT2D eigenvalue weighted by molar-refractivity contribution is -0.583. The van der Waals surface area contributed by atoms with E-state index in [2.05, 4.69) is 113 Å². The van der Waals surface area contributed by atoms with Crippen LogP contribution in [0, 0.1) is 0 Å². The van der Waals surface area contributed by atoms with Crippen molar-refractivity contribution < 1.29 is 4.57 Å². The fourth-order valence-electron chi connectivity index (χ4n) is 4.28. The normalized spacial score (nSPS) is 11.7. The van der Waals surface area contributed by atoms with Crippen LogP contribution in [0.5, 0.6) is 0 Å². The standard InChI is InChI=1S/C25H17N2/c1-3-11-19(12-4-1)26-17-27(20-13-5-2-6-14-20)25-22-16-8-10-18-9-7-15-21(23(18)22)24(25)26/h1-17H/q+1. The Kier molecular flexibility index (Phi) is 2.91. The third-order valence-electron chi connectivity index (χ3n) is 5.42. The number of hydrogen-bond donors (Lipinski definition) is 0. The molecular formula is C25H17N2+. The topological polar surface area (TPSA) is 8.81 Å². The summed E-state index contributed by atoms with van der Waals surface area (Å²) in [5, 5.41) is 2.64. The van der Waals surface area contributed by atoms with E-state index in [1.54, 1.807) is 0 Å². The summed E-state index contributed by atoms with van der Waals surface area (Å²) in [6.45, 7) is 0. The van der Waals surface area contributed by atoms with Gasteiger partial charge < -0.3 is 0 Å². The van der Waals surface area contributed by atoms with E-state index in [1.165, 1.54) is 44.7 Å². The van der Waals surface area contributed by atoms with Crippen molar-refractivity contribution in [2.75, 3.05) is 0 Å². The maximum Gasteiger partial charge on any atom is 0.255 e. The SMILES string of the molecule is c1ccc(-n2c[n+](-c3ccccc3)c3c2-c2cccc4cccc-3c24)cc1. The molecule has 1 heterocycles. The minimum atomic E-state index is 1.17. The monoisotopic (exact) mass is 345 g/mol. The van der Waals surface area contributed by atoms with E-state index in [0.29, 0.717) is 0 Å². The Balaban J connectivity index is 1.77. The summed E-state index contributed by atoms with van der Waals surface area (Å²) < 4.78 is 4.63. The molecule has 6 rings (SSSR count). The van der Waals surface area contributed by atoms with Gasteiger partial charge in [-0.1, -0.05) is 60.7 Å². The molecule has 5 aromatic rings. The summed E-state index contributed by atoms with van der Waals surface area (Å²) in [6.07, 6.45) is 2.21. The van der Waals surface area contributed by atoms with E-state index >= 15 is 0 Å². The van der Waals surface area contributed by atoms with Gasteiger partial charge >= 0.3 is 0 Å². The molecule has 0 amide bonds. The number of imidazole rings is 1. The number of aromatic nitrogens is 2. The number of rotatable bonds is 2. The third-order valence-corrected chi connectivity index (χ3v) is 5.42. The van der Waals surface area contributed by atoms with Crippen molar-refractivity contribution in [2.24, 2.45) is 0 Å². The molecule has 2 nitrogen and oxygen atoms in total. The van der Waals surface area contributed by atoms with Crippen LogP contribution in [0.15, 0.2) is 103 Å². The molecule has 0 unspecified atom stereocenters. The number of fused-ring (bicyclic) bond motifs is 3. The lowest BCUT2D eigenvalue weighted by Gasteiger charge is -2.04. The van der Waals surface area contributed by atoms with E-state index < -0.39 is 0 Å². The maximum atomic E-state index is 2.32. The summed E-state index contributed by atoms with van der Waals surface area (Å²) >= 11 is 0. The highest BCUT2D eigenvalue weighted by Crippen LogP contribution is 2.46. The van der Waals surface area contributed by atoms with Crippen LogP contribution in [0.3, 0.4) is 0 Å².